The van der Waals surface area contributed by atoms with Gasteiger partial charge in [0.1, 0.15) is 0 Å². The number of likely N-dealkylation sites (N-methyl/N-ethyl adjacent to an activating group) is 1. The number of aryl methyl sites for hydroxylation is 1. The minimum absolute atomic E-state index is 0.198. The van der Waals surface area contributed by atoms with Gasteiger partial charge in [0, 0.05) is 30.2 Å². The highest BCUT2D eigenvalue weighted by Gasteiger charge is 2.07. The molecule has 2 aromatic rings. The Labute approximate surface area is 109 Å². The van der Waals surface area contributed by atoms with Gasteiger partial charge in [0.15, 0.2) is 0 Å². The second-order valence-corrected chi connectivity index (χ2v) is 5.11. The van der Waals surface area contributed by atoms with Gasteiger partial charge in [-0.1, -0.05) is 18.2 Å². The molecule has 1 atom stereocenters. The van der Waals surface area contributed by atoms with Crippen LogP contribution in [0, 0.1) is 6.92 Å². The highest BCUT2D eigenvalue weighted by atomic mass is 15.1. The summed E-state index contributed by atoms with van der Waals surface area (Å²) in [7, 11) is 2.11. The number of nitrogens with two attached hydrogens (primary N) is 1. The molecular weight excluding hydrogens is 222 g/mol. The van der Waals surface area contributed by atoms with Gasteiger partial charge in [0.25, 0.3) is 0 Å². The first-order chi connectivity index (χ1) is 8.56. The van der Waals surface area contributed by atoms with Gasteiger partial charge in [0.2, 0.25) is 0 Å². The first kappa shape index (κ1) is 13.0. The lowest BCUT2D eigenvalue weighted by atomic mass is 10.1. The predicted molar refractivity (Wildman–Crippen MR) is 76.5 cm³/mol. The maximum absolute atomic E-state index is 5.84. The zero-order chi connectivity index (χ0) is 13.1. The SMILES string of the molecule is Cc1cc(CN(C)CC(C)N)c2ccccc2n1. The van der Waals surface area contributed by atoms with Gasteiger partial charge in [-0.05, 0) is 38.6 Å². The summed E-state index contributed by atoms with van der Waals surface area (Å²) < 4.78 is 0. The van der Waals surface area contributed by atoms with Crippen molar-refractivity contribution in [1.29, 1.82) is 0 Å². The second kappa shape index (κ2) is 5.46. The van der Waals surface area contributed by atoms with Crippen LogP contribution in [0.5, 0.6) is 0 Å². The fourth-order valence-corrected chi connectivity index (χ4v) is 2.37. The number of rotatable bonds is 4. The van der Waals surface area contributed by atoms with E-state index in [9.17, 15) is 0 Å². The molecule has 1 unspecified atom stereocenters. The molecule has 0 radical (unpaired) electrons. The van der Waals surface area contributed by atoms with Gasteiger partial charge in [0.05, 0.1) is 5.52 Å². The van der Waals surface area contributed by atoms with Crippen LogP contribution < -0.4 is 5.73 Å². The lowest BCUT2D eigenvalue weighted by molar-refractivity contribution is 0.311. The lowest BCUT2D eigenvalue weighted by Gasteiger charge is -2.20. The molecule has 1 aromatic carbocycles. The number of nitrogens with zero attached hydrogens (tertiary/aromatic N) is 2. The Balaban J connectivity index is 2.32. The highest BCUT2D eigenvalue weighted by molar-refractivity contribution is 5.82. The minimum atomic E-state index is 0.198. The summed E-state index contributed by atoms with van der Waals surface area (Å²) in [6.45, 7) is 5.88. The number of aromatic nitrogens is 1. The van der Waals surface area contributed by atoms with Crippen molar-refractivity contribution in [1.82, 2.24) is 9.88 Å². The molecule has 18 heavy (non-hydrogen) atoms. The van der Waals surface area contributed by atoms with E-state index in [2.05, 4.69) is 41.2 Å². The van der Waals surface area contributed by atoms with E-state index < -0.39 is 0 Å². The first-order valence-electron chi connectivity index (χ1n) is 6.35. The van der Waals surface area contributed by atoms with Gasteiger partial charge in [-0.15, -0.1) is 0 Å². The molecule has 0 aliphatic heterocycles. The molecule has 0 aliphatic carbocycles. The van der Waals surface area contributed by atoms with Crippen molar-refractivity contribution in [2.24, 2.45) is 5.73 Å². The van der Waals surface area contributed by atoms with Crippen molar-refractivity contribution >= 4 is 10.9 Å². The average molecular weight is 243 g/mol. The molecule has 2 N–H and O–H groups in total. The molecule has 1 heterocycles. The van der Waals surface area contributed by atoms with E-state index in [0.717, 1.165) is 24.3 Å². The Bertz CT molecular complexity index is 534. The maximum Gasteiger partial charge on any atom is 0.0708 e. The summed E-state index contributed by atoms with van der Waals surface area (Å²) in [5, 5.41) is 1.24. The van der Waals surface area contributed by atoms with Crippen LogP contribution >= 0.6 is 0 Å². The molecule has 0 saturated heterocycles. The number of hydrogen-bond acceptors (Lipinski definition) is 3. The van der Waals surface area contributed by atoms with E-state index in [4.69, 9.17) is 5.73 Å². The molecule has 0 spiro atoms. The number of hydrogen-bond donors (Lipinski definition) is 1. The van der Waals surface area contributed by atoms with Crippen molar-refractivity contribution < 1.29 is 0 Å². The molecule has 1 aromatic heterocycles. The smallest absolute Gasteiger partial charge is 0.0708 e. The Morgan fingerprint density at radius 3 is 2.78 bits per heavy atom. The van der Waals surface area contributed by atoms with Crippen LogP contribution in [0.2, 0.25) is 0 Å². The zero-order valence-electron chi connectivity index (χ0n) is 11.4. The Morgan fingerprint density at radius 1 is 1.33 bits per heavy atom. The van der Waals surface area contributed by atoms with E-state index in [1.807, 2.05) is 19.9 Å². The van der Waals surface area contributed by atoms with Crippen molar-refractivity contribution in [2.75, 3.05) is 13.6 Å². The summed E-state index contributed by atoms with van der Waals surface area (Å²) >= 11 is 0. The van der Waals surface area contributed by atoms with Crippen molar-refractivity contribution in [3.63, 3.8) is 0 Å². The van der Waals surface area contributed by atoms with Crippen LogP contribution in [0.15, 0.2) is 30.3 Å². The van der Waals surface area contributed by atoms with E-state index in [-0.39, 0.29) is 6.04 Å². The van der Waals surface area contributed by atoms with E-state index in [1.54, 1.807) is 0 Å². The van der Waals surface area contributed by atoms with Crippen LogP contribution in [0.3, 0.4) is 0 Å². The van der Waals surface area contributed by atoms with Crippen molar-refractivity contribution in [3.05, 3.63) is 41.6 Å². The summed E-state index contributed by atoms with van der Waals surface area (Å²) in [5.41, 5.74) is 9.29. The van der Waals surface area contributed by atoms with E-state index in [1.165, 1.54) is 10.9 Å². The molecule has 3 nitrogen and oxygen atoms in total. The van der Waals surface area contributed by atoms with Crippen LogP contribution in [-0.4, -0.2) is 29.5 Å². The largest absolute Gasteiger partial charge is 0.327 e. The zero-order valence-corrected chi connectivity index (χ0v) is 11.4. The number of benzene rings is 1. The summed E-state index contributed by atoms with van der Waals surface area (Å²) in [6, 6.07) is 10.7. The number of para-hydroxylation sites is 1. The van der Waals surface area contributed by atoms with Crippen molar-refractivity contribution in [3.8, 4) is 0 Å². The molecule has 2 rings (SSSR count). The third kappa shape index (κ3) is 3.06. The van der Waals surface area contributed by atoms with Crippen LogP contribution in [0.4, 0.5) is 0 Å². The summed E-state index contributed by atoms with van der Waals surface area (Å²) in [5.74, 6) is 0. The highest BCUT2D eigenvalue weighted by Crippen LogP contribution is 2.19. The lowest BCUT2D eigenvalue weighted by Crippen LogP contribution is -2.32. The van der Waals surface area contributed by atoms with Gasteiger partial charge >= 0.3 is 0 Å². The molecule has 0 aliphatic rings. The topological polar surface area (TPSA) is 42.1 Å². The monoisotopic (exact) mass is 243 g/mol. The minimum Gasteiger partial charge on any atom is -0.327 e. The van der Waals surface area contributed by atoms with E-state index in [0.29, 0.717) is 0 Å². The summed E-state index contributed by atoms with van der Waals surface area (Å²) in [6.07, 6.45) is 0. The Hall–Kier alpha value is -1.45. The Morgan fingerprint density at radius 2 is 2.06 bits per heavy atom. The number of pyridine rings is 1. The van der Waals surface area contributed by atoms with Gasteiger partial charge < -0.3 is 10.6 Å². The normalized spacial score (nSPS) is 13.2. The van der Waals surface area contributed by atoms with Gasteiger partial charge in [-0.25, -0.2) is 0 Å². The molecule has 0 fully saturated rings. The fourth-order valence-electron chi connectivity index (χ4n) is 2.37. The summed E-state index contributed by atoms with van der Waals surface area (Å²) in [4.78, 5) is 6.82. The molecule has 96 valence electrons. The van der Waals surface area contributed by atoms with Crippen LogP contribution in [0.1, 0.15) is 18.2 Å². The standard InChI is InChI=1S/C15H21N3/c1-11(16)9-18(3)10-13-8-12(2)17-15-7-5-4-6-14(13)15/h4-8,11H,9-10,16H2,1-3H3. The average Bonchev–Trinajstić information content (AvgIpc) is 2.27. The second-order valence-electron chi connectivity index (χ2n) is 5.11. The molecule has 3 heteroatoms. The third-order valence-electron chi connectivity index (χ3n) is 2.97. The Kier molecular flexibility index (Phi) is 3.94. The number of fused-ring (bicyclic) bond motifs is 1. The first-order valence-corrected chi connectivity index (χ1v) is 6.35. The van der Waals surface area contributed by atoms with Crippen LogP contribution in [-0.2, 0) is 6.54 Å². The van der Waals surface area contributed by atoms with Crippen LogP contribution in [0.25, 0.3) is 10.9 Å². The van der Waals surface area contributed by atoms with Crippen molar-refractivity contribution in [2.45, 2.75) is 26.4 Å². The third-order valence-corrected chi connectivity index (χ3v) is 2.97. The maximum atomic E-state index is 5.84. The van der Waals surface area contributed by atoms with Gasteiger partial charge in [-0.2, -0.15) is 0 Å². The molecule has 0 bridgehead atoms. The molecular formula is C15H21N3. The predicted octanol–water partition coefficient (Wildman–Crippen LogP) is 2.32. The molecule has 0 saturated carbocycles. The fraction of sp³-hybridized carbons (Fsp3) is 0.400. The van der Waals surface area contributed by atoms with E-state index >= 15 is 0 Å². The molecule has 0 amide bonds. The quantitative estimate of drug-likeness (QED) is 0.896. The van der Waals surface area contributed by atoms with Gasteiger partial charge in [-0.3, -0.25) is 4.98 Å².